The number of hydrogen-bond donors (Lipinski definition) is 2. The molecule has 0 saturated heterocycles. The Kier molecular flexibility index (Phi) is 4.85. The predicted molar refractivity (Wildman–Crippen MR) is 81.1 cm³/mol. The molecular formula is C14H17FN4OS. The lowest BCUT2D eigenvalue weighted by molar-refractivity contribution is 0.0940. The van der Waals surface area contributed by atoms with Crippen molar-refractivity contribution < 1.29 is 9.18 Å². The average molecular weight is 308 g/mol. The molecule has 21 heavy (non-hydrogen) atoms. The van der Waals surface area contributed by atoms with Crippen LogP contribution in [0.4, 0.5) is 10.2 Å². The molecule has 0 aliphatic carbocycles. The summed E-state index contributed by atoms with van der Waals surface area (Å²) in [4.78, 5) is 20.5. The number of thiazole rings is 1. The second-order valence-electron chi connectivity index (χ2n) is 4.60. The zero-order valence-electron chi connectivity index (χ0n) is 12.1. The van der Waals surface area contributed by atoms with Gasteiger partial charge in [-0.2, -0.15) is 0 Å². The van der Waals surface area contributed by atoms with Gasteiger partial charge < -0.3 is 10.6 Å². The van der Waals surface area contributed by atoms with E-state index in [1.807, 2.05) is 26.2 Å². The SMILES string of the molecule is CCNc1ncc(F)cc1C(=O)NC(C)c1nc(C)cs1. The second-order valence-corrected chi connectivity index (χ2v) is 5.49. The third kappa shape index (κ3) is 3.75. The number of aromatic nitrogens is 2. The molecule has 0 aliphatic rings. The van der Waals surface area contributed by atoms with Crippen LogP contribution >= 0.6 is 11.3 Å². The maximum Gasteiger partial charge on any atom is 0.255 e. The molecule has 7 heteroatoms. The van der Waals surface area contributed by atoms with Gasteiger partial charge in [-0.05, 0) is 26.8 Å². The van der Waals surface area contributed by atoms with Crippen LogP contribution in [0.3, 0.4) is 0 Å². The Morgan fingerprint density at radius 1 is 1.52 bits per heavy atom. The molecular weight excluding hydrogens is 291 g/mol. The van der Waals surface area contributed by atoms with Crippen molar-refractivity contribution in [3.8, 4) is 0 Å². The molecule has 0 spiro atoms. The maximum atomic E-state index is 13.3. The Morgan fingerprint density at radius 3 is 2.90 bits per heavy atom. The normalized spacial score (nSPS) is 12.0. The molecule has 0 aliphatic heterocycles. The smallest absolute Gasteiger partial charge is 0.255 e. The summed E-state index contributed by atoms with van der Waals surface area (Å²) in [6.07, 6.45) is 1.09. The lowest BCUT2D eigenvalue weighted by atomic mass is 10.2. The Bertz CT molecular complexity index is 644. The summed E-state index contributed by atoms with van der Waals surface area (Å²) >= 11 is 1.48. The van der Waals surface area contributed by atoms with Gasteiger partial charge >= 0.3 is 0 Å². The highest BCUT2D eigenvalue weighted by atomic mass is 32.1. The number of aryl methyl sites for hydroxylation is 1. The van der Waals surface area contributed by atoms with E-state index in [1.165, 1.54) is 17.4 Å². The molecule has 1 atom stereocenters. The Labute approximate surface area is 126 Å². The Morgan fingerprint density at radius 2 is 2.29 bits per heavy atom. The molecule has 0 bridgehead atoms. The number of pyridine rings is 1. The van der Waals surface area contributed by atoms with Crippen LogP contribution < -0.4 is 10.6 Å². The van der Waals surface area contributed by atoms with Gasteiger partial charge in [0, 0.05) is 17.6 Å². The molecule has 112 valence electrons. The first-order valence-corrected chi connectivity index (χ1v) is 7.51. The number of nitrogens with zero attached hydrogens (tertiary/aromatic N) is 2. The maximum absolute atomic E-state index is 13.3. The van der Waals surface area contributed by atoms with Gasteiger partial charge in [-0.1, -0.05) is 0 Å². The minimum Gasteiger partial charge on any atom is -0.370 e. The summed E-state index contributed by atoms with van der Waals surface area (Å²) in [6, 6.07) is 0.939. The Hall–Kier alpha value is -2.02. The van der Waals surface area contributed by atoms with Crippen LogP contribution in [0.5, 0.6) is 0 Å². The Balaban J connectivity index is 2.18. The quantitative estimate of drug-likeness (QED) is 0.891. The third-order valence-electron chi connectivity index (χ3n) is 2.80. The summed E-state index contributed by atoms with van der Waals surface area (Å²) < 4.78 is 13.3. The van der Waals surface area contributed by atoms with Crippen molar-refractivity contribution in [1.29, 1.82) is 0 Å². The predicted octanol–water partition coefficient (Wildman–Crippen LogP) is 2.91. The van der Waals surface area contributed by atoms with Gasteiger partial charge in [0.1, 0.15) is 16.6 Å². The fourth-order valence-corrected chi connectivity index (χ4v) is 2.63. The molecule has 2 aromatic heterocycles. The van der Waals surface area contributed by atoms with Crippen LogP contribution in [0.2, 0.25) is 0 Å². The number of amides is 1. The van der Waals surface area contributed by atoms with E-state index in [-0.39, 0.29) is 17.5 Å². The van der Waals surface area contributed by atoms with E-state index in [2.05, 4.69) is 20.6 Å². The van der Waals surface area contributed by atoms with Crippen molar-refractivity contribution in [2.75, 3.05) is 11.9 Å². The minimum atomic E-state index is -0.542. The topological polar surface area (TPSA) is 66.9 Å². The summed E-state index contributed by atoms with van der Waals surface area (Å²) in [5.74, 6) is -0.545. The molecule has 2 rings (SSSR count). The van der Waals surface area contributed by atoms with E-state index < -0.39 is 5.82 Å². The molecule has 0 saturated carbocycles. The molecule has 0 fully saturated rings. The van der Waals surface area contributed by atoms with E-state index in [0.29, 0.717) is 12.4 Å². The molecule has 2 N–H and O–H groups in total. The van der Waals surface area contributed by atoms with E-state index in [1.54, 1.807) is 0 Å². The molecule has 0 aromatic carbocycles. The van der Waals surface area contributed by atoms with E-state index in [4.69, 9.17) is 0 Å². The molecule has 1 amide bonds. The van der Waals surface area contributed by atoms with E-state index in [0.717, 1.165) is 16.9 Å². The van der Waals surface area contributed by atoms with Gasteiger partial charge in [0.05, 0.1) is 17.8 Å². The first-order valence-electron chi connectivity index (χ1n) is 6.63. The van der Waals surface area contributed by atoms with Gasteiger partial charge in [-0.15, -0.1) is 11.3 Å². The fourth-order valence-electron chi connectivity index (χ4n) is 1.83. The van der Waals surface area contributed by atoms with Crippen molar-refractivity contribution in [3.05, 3.63) is 39.7 Å². The molecule has 5 nitrogen and oxygen atoms in total. The largest absolute Gasteiger partial charge is 0.370 e. The van der Waals surface area contributed by atoms with Crippen LogP contribution in [0.1, 0.15) is 40.9 Å². The average Bonchev–Trinajstić information content (AvgIpc) is 2.87. The minimum absolute atomic E-state index is 0.192. The number of rotatable bonds is 5. The standard InChI is InChI=1S/C14H17FN4OS/c1-4-16-12-11(5-10(15)6-17-12)13(20)19-9(3)14-18-8(2)7-21-14/h5-7,9H,4H2,1-3H3,(H,16,17)(H,19,20). The molecule has 2 aromatic rings. The van der Waals surface area contributed by atoms with Gasteiger partial charge in [-0.3, -0.25) is 4.79 Å². The van der Waals surface area contributed by atoms with Gasteiger partial charge in [0.15, 0.2) is 0 Å². The lowest BCUT2D eigenvalue weighted by Gasteiger charge is -2.14. The van der Waals surface area contributed by atoms with Crippen LogP contribution in [0.25, 0.3) is 0 Å². The van der Waals surface area contributed by atoms with E-state index in [9.17, 15) is 9.18 Å². The van der Waals surface area contributed by atoms with Gasteiger partial charge in [-0.25, -0.2) is 14.4 Å². The number of halogens is 1. The van der Waals surface area contributed by atoms with Crippen LogP contribution in [0, 0.1) is 12.7 Å². The van der Waals surface area contributed by atoms with Crippen molar-refractivity contribution in [1.82, 2.24) is 15.3 Å². The van der Waals surface area contributed by atoms with Crippen molar-refractivity contribution in [2.45, 2.75) is 26.8 Å². The lowest BCUT2D eigenvalue weighted by Crippen LogP contribution is -2.28. The summed E-state index contributed by atoms with van der Waals surface area (Å²) in [5, 5.41) is 8.50. The zero-order chi connectivity index (χ0) is 15.4. The summed E-state index contributed by atoms with van der Waals surface area (Å²) in [5.41, 5.74) is 1.11. The monoisotopic (exact) mass is 308 g/mol. The van der Waals surface area contributed by atoms with Crippen molar-refractivity contribution >= 4 is 23.1 Å². The first kappa shape index (κ1) is 15.4. The number of carbonyl (C=O) groups is 1. The molecule has 1 unspecified atom stereocenters. The van der Waals surface area contributed by atoms with Crippen molar-refractivity contribution in [2.24, 2.45) is 0 Å². The summed E-state index contributed by atoms with van der Waals surface area (Å²) in [7, 11) is 0. The number of nitrogens with one attached hydrogen (secondary N) is 2. The fraction of sp³-hybridized carbons (Fsp3) is 0.357. The van der Waals surface area contributed by atoms with Crippen LogP contribution in [-0.2, 0) is 0 Å². The molecule has 0 radical (unpaired) electrons. The van der Waals surface area contributed by atoms with Crippen LogP contribution in [-0.4, -0.2) is 22.4 Å². The highest BCUT2D eigenvalue weighted by Gasteiger charge is 2.18. The van der Waals surface area contributed by atoms with E-state index >= 15 is 0 Å². The number of carbonyl (C=O) groups excluding carboxylic acids is 1. The van der Waals surface area contributed by atoms with Gasteiger partial charge in [0.25, 0.3) is 5.91 Å². The third-order valence-corrected chi connectivity index (χ3v) is 3.94. The van der Waals surface area contributed by atoms with Gasteiger partial charge in [0.2, 0.25) is 0 Å². The number of anilines is 1. The first-order chi connectivity index (χ1) is 10.0. The summed E-state index contributed by atoms with van der Waals surface area (Å²) in [6.45, 7) is 6.22. The highest BCUT2D eigenvalue weighted by Crippen LogP contribution is 2.19. The highest BCUT2D eigenvalue weighted by molar-refractivity contribution is 7.09. The van der Waals surface area contributed by atoms with Crippen molar-refractivity contribution in [3.63, 3.8) is 0 Å². The molecule has 2 heterocycles. The number of hydrogen-bond acceptors (Lipinski definition) is 5. The zero-order valence-corrected chi connectivity index (χ0v) is 12.9. The van der Waals surface area contributed by atoms with Crippen LogP contribution in [0.15, 0.2) is 17.6 Å². The second kappa shape index (κ2) is 6.62.